The zero-order valence-electron chi connectivity index (χ0n) is 25.3. The summed E-state index contributed by atoms with van der Waals surface area (Å²) >= 11 is 12.5. The van der Waals surface area contributed by atoms with E-state index in [1.54, 1.807) is 65.4 Å². The lowest BCUT2D eigenvalue weighted by molar-refractivity contribution is -0.137. The van der Waals surface area contributed by atoms with E-state index in [2.05, 4.69) is 0 Å². The maximum atomic E-state index is 13.3. The smallest absolute Gasteiger partial charge is 0.480 e. The summed E-state index contributed by atoms with van der Waals surface area (Å²) in [6.45, 7) is -1.33. The molecule has 1 N–H and O–H groups in total. The molecule has 0 radical (unpaired) electrons. The first-order valence-electron chi connectivity index (χ1n) is 14.3. The molecule has 0 fully saturated rings. The molecule has 0 amide bonds. The summed E-state index contributed by atoms with van der Waals surface area (Å²) in [5.74, 6) is -1.35. The summed E-state index contributed by atoms with van der Waals surface area (Å²) in [4.78, 5) is 15.9. The lowest BCUT2D eigenvalue weighted by atomic mass is 10.0. The maximum Gasteiger partial charge on any atom is 0.516 e. The van der Waals surface area contributed by atoms with E-state index in [-0.39, 0.29) is 10.8 Å². The topological polar surface area (TPSA) is 92.5 Å². The number of alkyl halides is 6. The van der Waals surface area contributed by atoms with Gasteiger partial charge in [0.25, 0.3) is 0 Å². The molecule has 0 atom stereocenters. The van der Waals surface area contributed by atoms with Crippen LogP contribution in [-0.4, -0.2) is 41.1 Å². The third-order valence-electron chi connectivity index (χ3n) is 7.33. The van der Waals surface area contributed by atoms with Crippen molar-refractivity contribution in [1.82, 2.24) is 9.55 Å². The molecule has 7 nitrogen and oxygen atoms in total. The Morgan fingerprint density at radius 2 is 1.44 bits per heavy atom. The van der Waals surface area contributed by atoms with E-state index in [9.17, 15) is 39.6 Å². The van der Waals surface area contributed by atoms with E-state index in [1.165, 1.54) is 24.3 Å². The van der Waals surface area contributed by atoms with Crippen molar-refractivity contribution < 1.29 is 44.7 Å². The number of carbonyl (C=O) groups is 1. The first kappa shape index (κ1) is 36.5. The number of anilines is 1. The molecule has 0 saturated carbocycles. The second kappa shape index (κ2) is 14.2. The third kappa shape index (κ3) is 8.32. The normalized spacial score (nSPS) is 12.4. The molecule has 50 heavy (non-hydrogen) atoms. The first-order chi connectivity index (χ1) is 23.4. The van der Waals surface area contributed by atoms with E-state index in [4.69, 9.17) is 33.3 Å². The highest BCUT2D eigenvalue weighted by molar-refractivity contribution is 7.93. The number of benzene rings is 4. The van der Waals surface area contributed by atoms with E-state index in [0.717, 1.165) is 29.8 Å². The van der Waals surface area contributed by atoms with Gasteiger partial charge in [-0.1, -0.05) is 77.8 Å². The molecule has 260 valence electrons. The monoisotopic (exact) mass is 753 g/mol. The van der Waals surface area contributed by atoms with E-state index < -0.39 is 45.5 Å². The average Bonchev–Trinajstić information content (AvgIpc) is 3.44. The molecule has 0 saturated heterocycles. The maximum absolute atomic E-state index is 13.3. The number of imidazole rings is 1. The Morgan fingerprint density at radius 1 is 0.840 bits per heavy atom. The summed E-state index contributed by atoms with van der Waals surface area (Å²) in [6.07, 6.45) is 0.683. The van der Waals surface area contributed by atoms with E-state index in [0.29, 0.717) is 43.8 Å². The van der Waals surface area contributed by atoms with Crippen molar-refractivity contribution in [3.8, 4) is 22.4 Å². The highest BCUT2D eigenvalue weighted by Crippen LogP contribution is 2.34. The number of carboxylic acid groups (broad SMARTS) is 1. The minimum absolute atomic E-state index is 0.107. The van der Waals surface area contributed by atoms with Crippen LogP contribution in [0.2, 0.25) is 10.0 Å². The van der Waals surface area contributed by atoms with Gasteiger partial charge >= 0.3 is 27.7 Å². The van der Waals surface area contributed by atoms with E-state index >= 15 is 0 Å². The number of halogens is 8. The number of sulfonamides is 1. The number of hydrogen-bond acceptors (Lipinski definition) is 4. The average molecular weight is 755 g/mol. The van der Waals surface area contributed by atoms with Crippen molar-refractivity contribution in [3.05, 3.63) is 130 Å². The Bertz CT molecular complexity index is 2150. The SMILES string of the molecule is O=C(O)CN(c1ccc(Cn2cc(-c3ccc(Cl)cc3Cl)nc2/C=C/c2ccc(-c3ccc(C(F)(F)F)cc3)cc2)cc1)S(=O)(=O)C(F)(F)F. The Hall–Kier alpha value is -4.79. The fraction of sp³-hybridized carbons (Fsp3) is 0.118. The molecule has 1 aromatic heterocycles. The molecule has 0 aliphatic heterocycles. The molecule has 0 bridgehead atoms. The molecular weight excluding hydrogens is 731 g/mol. The van der Waals surface area contributed by atoms with Crippen molar-refractivity contribution >= 4 is 57.0 Å². The van der Waals surface area contributed by atoms with Crippen molar-refractivity contribution in [2.75, 3.05) is 10.8 Å². The van der Waals surface area contributed by atoms with Crippen LogP contribution >= 0.6 is 23.2 Å². The van der Waals surface area contributed by atoms with Crippen LogP contribution in [-0.2, 0) is 27.5 Å². The molecule has 5 aromatic rings. The summed E-state index contributed by atoms with van der Waals surface area (Å²) in [5, 5.41) is 9.81. The lowest BCUT2D eigenvalue weighted by Gasteiger charge is -2.23. The van der Waals surface area contributed by atoms with Gasteiger partial charge in [0, 0.05) is 23.3 Å². The van der Waals surface area contributed by atoms with Gasteiger partial charge in [-0.2, -0.15) is 34.8 Å². The van der Waals surface area contributed by atoms with Crippen LogP contribution < -0.4 is 4.31 Å². The van der Waals surface area contributed by atoms with Crippen LogP contribution in [0, 0.1) is 0 Å². The fourth-order valence-corrected chi connectivity index (χ4v) is 6.29. The number of carboxylic acids is 1. The van der Waals surface area contributed by atoms with Crippen molar-refractivity contribution in [2.24, 2.45) is 0 Å². The summed E-state index contributed by atoms with van der Waals surface area (Å²) in [6, 6.07) is 21.6. The van der Waals surface area contributed by atoms with Gasteiger partial charge in [0.15, 0.2) is 0 Å². The molecular formula is C34H23Cl2F6N3O4S. The van der Waals surface area contributed by atoms with Gasteiger partial charge in [0.05, 0.1) is 22.0 Å². The largest absolute Gasteiger partial charge is 0.516 e. The lowest BCUT2D eigenvalue weighted by Crippen LogP contribution is -2.43. The van der Waals surface area contributed by atoms with Crippen molar-refractivity contribution in [2.45, 2.75) is 18.2 Å². The minimum Gasteiger partial charge on any atom is -0.480 e. The quantitative estimate of drug-likeness (QED) is 0.144. The van der Waals surface area contributed by atoms with Gasteiger partial charge in [-0.15, -0.1) is 0 Å². The zero-order valence-corrected chi connectivity index (χ0v) is 27.6. The van der Waals surface area contributed by atoms with Crippen LogP contribution in [0.15, 0.2) is 97.2 Å². The second-order valence-corrected chi connectivity index (χ2v) is 13.5. The predicted octanol–water partition coefficient (Wildman–Crippen LogP) is 9.50. The molecule has 0 aliphatic rings. The number of rotatable bonds is 10. The predicted molar refractivity (Wildman–Crippen MR) is 179 cm³/mol. The highest BCUT2D eigenvalue weighted by atomic mass is 35.5. The number of aliphatic carboxylic acids is 1. The molecule has 5 rings (SSSR count). The molecule has 16 heteroatoms. The number of aromatic nitrogens is 2. The Labute approximate surface area is 291 Å². The van der Waals surface area contributed by atoms with Crippen LogP contribution in [0.1, 0.15) is 22.5 Å². The van der Waals surface area contributed by atoms with Gasteiger partial charge in [0.2, 0.25) is 0 Å². The molecule has 4 aromatic carbocycles. The minimum atomic E-state index is -5.99. The summed E-state index contributed by atoms with van der Waals surface area (Å²) < 4.78 is 104. The zero-order chi connectivity index (χ0) is 36.4. The van der Waals surface area contributed by atoms with Gasteiger partial charge < -0.3 is 9.67 Å². The molecule has 0 aliphatic carbocycles. The van der Waals surface area contributed by atoms with Crippen LogP contribution in [0.3, 0.4) is 0 Å². The van der Waals surface area contributed by atoms with Crippen LogP contribution in [0.4, 0.5) is 32.0 Å². The van der Waals surface area contributed by atoms with Gasteiger partial charge in [-0.25, -0.2) is 4.98 Å². The fourth-order valence-electron chi connectivity index (χ4n) is 4.85. The van der Waals surface area contributed by atoms with Crippen LogP contribution in [0.25, 0.3) is 34.5 Å². The van der Waals surface area contributed by atoms with Gasteiger partial charge in [0.1, 0.15) is 12.4 Å². The van der Waals surface area contributed by atoms with Gasteiger partial charge in [-0.3, -0.25) is 9.10 Å². The standard InChI is InChI=1S/C34H23Cl2F6N3O4S/c35-26-12-15-28(29(36)17-26)30-19-44(18-22-3-13-27(14-4-22)45(20-32(46)47)50(48,49)34(40,41)42)31(43-30)16-5-21-1-6-23(7-2-21)24-8-10-25(11-9-24)33(37,38)39/h1-17,19H,18,20H2,(H,46,47)/b16-5+. The number of hydrogen-bond donors (Lipinski definition) is 1. The Balaban J connectivity index is 1.44. The molecule has 0 unspecified atom stereocenters. The molecule has 0 spiro atoms. The first-order valence-corrected chi connectivity index (χ1v) is 16.5. The van der Waals surface area contributed by atoms with Crippen molar-refractivity contribution in [3.63, 3.8) is 0 Å². The van der Waals surface area contributed by atoms with Gasteiger partial charge in [-0.05, 0) is 70.8 Å². The Kier molecular flexibility index (Phi) is 10.4. The third-order valence-corrected chi connectivity index (χ3v) is 9.39. The highest BCUT2D eigenvalue weighted by Gasteiger charge is 2.50. The van der Waals surface area contributed by atoms with Crippen LogP contribution in [0.5, 0.6) is 0 Å². The summed E-state index contributed by atoms with van der Waals surface area (Å²) in [5.41, 5.74) is -3.40. The number of nitrogens with zero attached hydrogens (tertiary/aromatic N) is 3. The van der Waals surface area contributed by atoms with E-state index in [1.807, 2.05) is 0 Å². The summed E-state index contributed by atoms with van der Waals surface area (Å²) in [7, 11) is -5.99. The van der Waals surface area contributed by atoms with Crippen molar-refractivity contribution in [1.29, 1.82) is 0 Å². The second-order valence-electron chi connectivity index (χ2n) is 10.8. The molecule has 1 heterocycles. The Morgan fingerprint density at radius 3 is 1.98 bits per heavy atom.